The number of nitrogens with zero attached hydrogens (tertiary/aromatic N) is 3. The fraction of sp³-hybridized carbons (Fsp3) is 0.800. The third-order valence-electron chi connectivity index (χ3n) is 2.93. The third-order valence-corrected chi connectivity index (χ3v) is 2.93. The molecule has 16 heavy (non-hydrogen) atoms. The van der Waals surface area contributed by atoms with Crippen LogP contribution in [-0.2, 0) is 6.42 Å². The van der Waals surface area contributed by atoms with Crippen molar-refractivity contribution in [1.82, 2.24) is 10.2 Å². The number of anilines is 1. The highest BCUT2D eigenvalue weighted by molar-refractivity contribution is 5.25. The van der Waals surface area contributed by atoms with Gasteiger partial charge in [-0.15, -0.1) is 5.10 Å². The van der Waals surface area contributed by atoms with Crippen LogP contribution < -0.4 is 10.6 Å². The van der Waals surface area contributed by atoms with Crippen LogP contribution in [0.5, 0.6) is 0 Å². The molecule has 90 valence electrons. The van der Waals surface area contributed by atoms with E-state index in [1.807, 2.05) is 11.8 Å². The van der Waals surface area contributed by atoms with Crippen LogP contribution in [0.1, 0.15) is 25.7 Å². The van der Waals surface area contributed by atoms with E-state index in [-0.39, 0.29) is 0 Å². The van der Waals surface area contributed by atoms with Crippen LogP contribution in [-0.4, -0.2) is 40.5 Å². The van der Waals surface area contributed by atoms with Gasteiger partial charge in [-0.25, -0.2) is 0 Å². The molecule has 0 bridgehead atoms. The maximum absolute atomic E-state index is 9.82. The van der Waals surface area contributed by atoms with Crippen molar-refractivity contribution in [3.8, 4) is 0 Å². The fourth-order valence-corrected chi connectivity index (χ4v) is 1.78. The molecule has 2 rings (SSSR count). The van der Waals surface area contributed by atoms with E-state index in [2.05, 4.69) is 10.2 Å². The van der Waals surface area contributed by atoms with E-state index in [4.69, 9.17) is 10.2 Å². The van der Waals surface area contributed by atoms with E-state index in [0.29, 0.717) is 24.9 Å². The van der Waals surface area contributed by atoms with Crippen molar-refractivity contribution in [3.05, 3.63) is 5.89 Å². The molecule has 1 aliphatic heterocycles. The van der Waals surface area contributed by atoms with E-state index in [1.54, 1.807) is 0 Å². The van der Waals surface area contributed by atoms with Gasteiger partial charge in [-0.2, -0.15) is 0 Å². The molecular weight excluding hydrogens is 208 g/mol. The second kappa shape index (κ2) is 4.39. The van der Waals surface area contributed by atoms with Crippen LogP contribution in [0, 0.1) is 0 Å². The topological polar surface area (TPSA) is 88.4 Å². The molecule has 0 amide bonds. The van der Waals surface area contributed by atoms with Crippen LogP contribution in [0.4, 0.5) is 6.01 Å². The molecule has 6 nitrogen and oxygen atoms in total. The van der Waals surface area contributed by atoms with Gasteiger partial charge in [-0.1, -0.05) is 5.10 Å². The lowest BCUT2D eigenvalue weighted by atomic mass is 9.94. The van der Waals surface area contributed by atoms with Crippen molar-refractivity contribution < 1.29 is 9.52 Å². The predicted octanol–water partition coefficient (Wildman–Crippen LogP) is -0.0780. The molecule has 1 fully saturated rings. The van der Waals surface area contributed by atoms with Crippen molar-refractivity contribution in [1.29, 1.82) is 0 Å². The van der Waals surface area contributed by atoms with Crippen molar-refractivity contribution in [3.63, 3.8) is 0 Å². The summed E-state index contributed by atoms with van der Waals surface area (Å²) in [5.74, 6) is 0.579. The number of hydrogen-bond acceptors (Lipinski definition) is 6. The van der Waals surface area contributed by atoms with Gasteiger partial charge in [0, 0.05) is 26.1 Å². The Hall–Kier alpha value is -1.14. The number of rotatable bonds is 3. The first-order valence-corrected chi connectivity index (χ1v) is 5.60. The van der Waals surface area contributed by atoms with Crippen molar-refractivity contribution in [2.75, 3.05) is 24.5 Å². The predicted molar refractivity (Wildman–Crippen MR) is 59.1 cm³/mol. The molecular formula is C10H18N4O2. The van der Waals surface area contributed by atoms with E-state index in [1.165, 1.54) is 0 Å². The lowest BCUT2D eigenvalue weighted by Gasteiger charge is -2.34. The fourth-order valence-electron chi connectivity index (χ4n) is 1.78. The van der Waals surface area contributed by atoms with Gasteiger partial charge in [0.2, 0.25) is 5.89 Å². The van der Waals surface area contributed by atoms with Gasteiger partial charge in [-0.05, 0) is 19.8 Å². The second-order valence-corrected chi connectivity index (χ2v) is 4.50. The van der Waals surface area contributed by atoms with Gasteiger partial charge in [0.25, 0.3) is 0 Å². The molecule has 6 heteroatoms. The molecule has 0 spiro atoms. The molecule has 0 aliphatic carbocycles. The normalized spacial score (nSPS) is 20.1. The zero-order valence-electron chi connectivity index (χ0n) is 9.52. The smallest absolute Gasteiger partial charge is 0.318 e. The average molecular weight is 226 g/mol. The summed E-state index contributed by atoms with van der Waals surface area (Å²) in [7, 11) is 0. The Morgan fingerprint density at radius 1 is 1.44 bits per heavy atom. The molecule has 1 aromatic rings. The van der Waals surface area contributed by atoms with E-state index in [9.17, 15) is 5.11 Å². The Labute approximate surface area is 94.4 Å². The van der Waals surface area contributed by atoms with Gasteiger partial charge in [0.15, 0.2) is 0 Å². The molecule has 3 N–H and O–H groups in total. The Morgan fingerprint density at radius 3 is 2.75 bits per heavy atom. The average Bonchev–Trinajstić information content (AvgIpc) is 2.67. The van der Waals surface area contributed by atoms with Crippen molar-refractivity contribution in [2.24, 2.45) is 5.73 Å². The zero-order chi connectivity index (χ0) is 11.6. The van der Waals surface area contributed by atoms with Gasteiger partial charge in [0.1, 0.15) is 0 Å². The van der Waals surface area contributed by atoms with E-state index >= 15 is 0 Å². The lowest BCUT2D eigenvalue weighted by Crippen LogP contribution is -2.42. The number of nitrogens with two attached hydrogens (primary N) is 1. The molecule has 0 radical (unpaired) electrons. The van der Waals surface area contributed by atoms with Crippen LogP contribution in [0.2, 0.25) is 0 Å². The van der Waals surface area contributed by atoms with Crippen molar-refractivity contribution in [2.45, 2.75) is 31.8 Å². The van der Waals surface area contributed by atoms with E-state index in [0.717, 1.165) is 25.9 Å². The first-order chi connectivity index (χ1) is 7.61. The minimum absolute atomic E-state index is 0.510. The number of aromatic nitrogens is 2. The summed E-state index contributed by atoms with van der Waals surface area (Å²) in [6.45, 7) is 3.86. The van der Waals surface area contributed by atoms with Crippen LogP contribution in [0.25, 0.3) is 0 Å². The van der Waals surface area contributed by atoms with Gasteiger partial charge >= 0.3 is 6.01 Å². The van der Waals surface area contributed by atoms with Crippen LogP contribution in [0.3, 0.4) is 0 Å². The minimum atomic E-state index is -0.559. The number of hydrogen-bond donors (Lipinski definition) is 2. The maximum atomic E-state index is 9.82. The Bertz CT molecular complexity index is 340. The molecule has 0 atom stereocenters. The standard InChI is InChI=1S/C10H18N4O2/c1-10(15)3-6-14(7-4-10)9-13-12-8(16-9)2-5-11/h15H,2-7,11H2,1H3. The largest absolute Gasteiger partial charge is 0.408 e. The minimum Gasteiger partial charge on any atom is -0.408 e. The second-order valence-electron chi connectivity index (χ2n) is 4.50. The van der Waals surface area contributed by atoms with E-state index < -0.39 is 5.60 Å². The third kappa shape index (κ3) is 2.51. The highest BCUT2D eigenvalue weighted by Crippen LogP contribution is 2.24. The molecule has 0 unspecified atom stereocenters. The first kappa shape index (κ1) is 11.3. The number of piperidine rings is 1. The van der Waals surface area contributed by atoms with Gasteiger partial charge in [0.05, 0.1) is 5.60 Å². The SMILES string of the molecule is CC1(O)CCN(c2nnc(CCN)o2)CC1. The summed E-state index contributed by atoms with van der Waals surface area (Å²) in [6, 6.07) is 0.541. The van der Waals surface area contributed by atoms with Gasteiger partial charge < -0.3 is 20.2 Å². The summed E-state index contributed by atoms with van der Waals surface area (Å²) in [4.78, 5) is 2.00. The van der Waals surface area contributed by atoms with Crippen LogP contribution in [0.15, 0.2) is 4.42 Å². The lowest BCUT2D eigenvalue weighted by molar-refractivity contribution is 0.0343. The maximum Gasteiger partial charge on any atom is 0.318 e. The molecule has 0 aromatic carbocycles. The van der Waals surface area contributed by atoms with Crippen molar-refractivity contribution >= 4 is 6.01 Å². The highest BCUT2D eigenvalue weighted by atomic mass is 16.4. The molecule has 2 heterocycles. The van der Waals surface area contributed by atoms with Gasteiger partial charge in [-0.3, -0.25) is 0 Å². The molecule has 0 saturated carbocycles. The molecule has 1 aromatic heterocycles. The molecule has 1 aliphatic rings. The summed E-state index contributed by atoms with van der Waals surface area (Å²) in [5, 5.41) is 17.7. The quantitative estimate of drug-likeness (QED) is 0.749. The Kier molecular flexibility index (Phi) is 3.11. The summed E-state index contributed by atoms with van der Waals surface area (Å²) >= 11 is 0. The zero-order valence-corrected chi connectivity index (χ0v) is 9.52. The summed E-state index contributed by atoms with van der Waals surface area (Å²) < 4.78 is 5.47. The summed E-state index contributed by atoms with van der Waals surface area (Å²) in [6.07, 6.45) is 2.06. The highest BCUT2D eigenvalue weighted by Gasteiger charge is 2.29. The Balaban J connectivity index is 1.97. The first-order valence-electron chi connectivity index (χ1n) is 5.60. The Morgan fingerprint density at radius 2 is 2.12 bits per heavy atom. The monoisotopic (exact) mass is 226 g/mol. The summed E-state index contributed by atoms with van der Waals surface area (Å²) in [5.41, 5.74) is 4.85. The molecule has 1 saturated heterocycles. The van der Waals surface area contributed by atoms with Crippen LogP contribution >= 0.6 is 0 Å². The number of aliphatic hydroxyl groups is 1.